The van der Waals surface area contributed by atoms with Crippen molar-refractivity contribution in [3.05, 3.63) is 108 Å². The molecule has 0 saturated carbocycles. The smallest absolute Gasteiger partial charge is 0.404 e. The molecule has 0 aliphatic rings. The second kappa shape index (κ2) is 15.9. The fourth-order valence-corrected chi connectivity index (χ4v) is 3.90. The molecule has 208 valence electrons. The average molecular weight is 538 g/mol. The normalized spacial score (nSPS) is 11.2. The zero-order valence-corrected chi connectivity index (χ0v) is 22.2. The molecule has 3 aromatic carbocycles. The number of carbonyl (C=O) groups excluding carboxylic acids is 1. The lowest BCUT2D eigenvalue weighted by molar-refractivity contribution is 0.0165. The van der Waals surface area contributed by atoms with Gasteiger partial charge in [0.25, 0.3) is 0 Å². The Hall–Kier alpha value is -4.21. The molecular formula is C30H35NO8. The number of nitrogens with two attached hydrogens (primary N) is 1. The van der Waals surface area contributed by atoms with Crippen molar-refractivity contribution in [2.45, 2.75) is 5.60 Å². The summed E-state index contributed by atoms with van der Waals surface area (Å²) in [6.45, 7) is 1.81. The molecule has 0 radical (unpaired) electrons. The van der Waals surface area contributed by atoms with Crippen LogP contribution in [0.4, 0.5) is 4.79 Å². The Balaban J connectivity index is 1.67. The molecule has 3 aromatic rings. The third-order valence-electron chi connectivity index (χ3n) is 5.76. The largest absolute Gasteiger partial charge is 0.497 e. The summed E-state index contributed by atoms with van der Waals surface area (Å²) >= 11 is 0. The van der Waals surface area contributed by atoms with E-state index in [-0.39, 0.29) is 13.2 Å². The molecule has 0 unspecified atom stereocenters. The Bertz CT molecular complexity index is 1090. The molecule has 39 heavy (non-hydrogen) atoms. The Labute approximate surface area is 229 Å². The minimum atomic E-state index is -0.967. The van der Waals surface area contributed by atoms with E-state index < -0.39 is 11.7 Å². The topological polar surface area (TPSA) is 108 Å². The predicted molar refractivity (Wildman–Crippen MR) is 146 cm³/mol. The number of amides is 1. The third kappa shape index (κ3) is 8.66. The van der Waals surface area contributed by atoms with E-state index in [4.69, 9.17) is 34.2 Å². The van der Waals surface area contributed by atoms with Crippen LogP contribution in [0.3, 0.4) is 0 Å². The highest BCUT2D eigenvalue weighted by Crippen LogP contribution is 2.41. The Morgan fingerprint density at radius 3 is 1.67 bits per heavy atom. The van der Waals surface area contributed by atoms with Crippen LogP contribution in [0.5, 0.6) is 11.5 Å². The van der Waals surface area contributed by atoms with Crippen molar-refractivity contribution in [2.24, 2.45) is 5.73 Å². The highest BCUT2D eigenvalue weighted by atomic mass is 16.6. The zero-order valence-electron chi connectivity index (χ0n) is 22.2. The van der Waals surface area contributed by atoms with Gasteiger partial charge in [-0.1, -0.05) is 54.6 Å². The first-order chi connectivity index (χ1) is 19.1. The van der Waals surface area contributed by atoms with E-state index >= 15 is 0 Å². The monoisotopic (exact) mass is 537 g/mol. The van der Waals surface area contributed by atoms with Gasteiger partial charge >= 0.3 is 6.09 Å². The predicted octanol–water partition coefficient (Wildman–Crippen LogP) is 4.63. The van der Waals surface area contributed by atoms with Crippen LogP contribution < -0.4 is 15.2 Å². The molecule has 9 heteroatoms. The lowest BCUT2D eigenvalue weighted by atomic mass is 9.80. The maximum Gasteiger partial charge on any atom is 0.404 e. The first kappa shape index (κ1) is 29.3. The SMILES string of the molecule is COc1ccc(C(OC=COCCOCCOCCOC(N)=O)(c2ccccc2)c2ccc(OC)cc2)cc1. The van der Waals surface area contributed by atoms with Crippen LogP contribution >= 0.6 is 0 Å². The van der Waals surface area contributed by atoms with E-state index in [9.17, 15) is 4.79 Å². The summed E-state index contributed by atoms with van der Waals surface area (Å²) in [5.41, 5.74) is 6.67. The van der Waals surface area contributed by atoms with Gasteiger partial charge in [0.1, 0.15) is 37.2 Å². The lowest BCUT2D eigenvalue weighted by Crippen LogP contribution is -2.31. The molecule has 0 aromatic heterocycles. The minimum Gasteiger partial charge on any atom is -0.497 e. The first-order valence-electron chi connectivity index (χ1n) is 12.5. The molecule has 2 N–H and O–H groups in total. The van der Waals surface area contributed by atoms with E-state index in [1.807, 2.05) is 78.9 Å². The highest BCUT2D eigenvalue weighted by molar-refractivity contribution is 5.64. The number of primary amides is 1. The number of hydrogen-bond donors (Lipinski definition) is 1. The zero-order chi connectivity index (χ0) is 27.8. The van der Waals surface area contributed by atoms with Gasteiger partial charge in [-0.3, -0.25) is 0 Å². The Kier molecular flexibility index (Phi) is 12.0. The maximum absolute atomic E-state index is 10.5. The number of ether oxygens (including phenoxy) is 7. The second-order valence-electron chi connectivity index (χ2n) is 8.16. The fourth-order valence-electron chi connectivity index (χ4n) is 3.90. The van der Waals surface area contributed by atoms with Gasteiger partial charge in [-0.25, -0.2) is 4.79 Å². The van der Waals surface area contributed by atoms with E-state index in [2.05, 4.69) is 4.74 Å². The summed E-state index contributed by atoms with van der Waals surface area (Å²) in [5, 5.41) is 0. The molecule has 0 spiro atoms. The number of benzene rings is 3. The standard InChI is InChI=1S/C30H35NO8/c1-33-27-12-8-25(9-13-27)30(24-6-4-3-5-7-24,26-10-14-28(34-2)15-11-26)39-23-21-37-19-17-35-16-18-36-20-22-38-29(31)32/h3-15,21,23H,16-20,22H2,1-2H3,(H2,31,32). The summed E-state index contributed by atoms with van der Waals surface area (Å²) in [4.78, 5) is 10.5. The van der Waals surface area contributed by atoms with Crippen LogP contribution in [0.25, 0.3) is 0 Å². The van der Waals surface area contributed by atoms with Gasteiger partial charge < -0.3 is 38.9 Å². The van der Waals surface area contributed by atoms with Crippen LogP contribution in [0.2, 0.25) is 0 Å². The third-order valence-corrected chi connectivity index (χ3v) is 5.76. The molecule has 0 saturated heterocycles. The molecule has 0 atom stereocenters. The Morgan fingerprint density at radius 2 is 1.15 bits per heavy atom. The van der Waals surface area contributed by atoms with Crippen molar-refractivity contribution in [2.75, 3.05) is 53.9 Å². The van der Waals surface area contributed by atoms with Gasteiger partial charge in [0.05, 0.1) is 40.6 Å². The first-order valence-corrected chi connectivity index (χ1v) is 12.5. The number of hydrogen-bond acceptors (Lipinski definition) is 8. The van der Waals surface area contributed by atoms with Gasteiger partial charge in [0.2, 0.25) is 0 Å². The van der Waals surface area contributed by atoms with E-state index in [0.717, 1.165) is 28.2 Å². The van der Waals surface area contributed by atoms with E-state index in [0.29, 0.717) is 26.4 Å². The van der Waals surface area contributed by atoms with Crippen molar-refractivity contribution in [3.8, 4) is 11.5 Å². The molecular weight excluding hydrogens is 502 g/mol. The van der Waals surface area contributed by atoms with Gasteiger partial charge in [-0.05, 0) is 24.3 Å². The molecule has 0 aliphatic carbocycles. The summed E-state index contributed by atoms with van der Waals surface area (Å²) in [6, 6.07) is 25.6. The second-order valence-corrected chi connectivity index (χ2v) is 8.16. The van der Waals surface area contributed by atoms with Crippen LogP contribution in [-0.2, 0) is 29.3 Å². The van der Waals surface area contributed by atoms with Gasteiger partial charge in [0, 0.05) is 16.7 Å². The van der Waals surface area contributed by atoms with Crippen LogP contribution in [-0.4, -0.2) is 60.0 Å². The molecule has 0 aliphatic heterocycles. The van der Waals surface area contributed by atoms with Crippen LogP contribution in [0.1, 0.15) is 16.7 Å². The highest BCUT2D eigenvalue weighted by Gasteiger charge is 2.38. The minimum absolute atomic E-state index is 0.112. The van der Waals surface area contributed by atoms with Crippen molar-refractivity contribution in [1.29, 1.82) is 0 Å². The van der Waals surface area contributed by atoms with Gasteiger partial charge in [-0.2, -0.15) is 0 Å². The van der Waals surface area contributed by atoms with E-state index in [1.165, 1.54) is 6.26 Å². The molecule has 0 fully saturated rings. The maximum atomic E-state index is 10.5. The Morgan fingerprint density at radius 1 is 0.667 bits per heavy atom. The molecule has 0 bridgehead atoms. The van der Waals surface area contributed by atoms with Crippen molar-refractivity contribution in [3.63, 3.8) is 0 Å². The number of rotatable bonds is 17. The molecule has 1 amide bonds. The van der Waals surface area contributed by atoms with Crippen LogP contribution in [0.15, 0.2) is 91.4 Å². The fraction of sp³-hybridized carbons (Fsp3) is 0.300. The van der Waals surface area contributed by atoms with Gasteiger partial charge in [0.15, 0.2) is 5.60 Å². The molecule has 9 nitrogen and oxygen atoms in total. The summed E-state index contributed by atoms with van der Waals surface area (Å²) in [5.74, 6) is 1.50. The van der Waals surface area contributed by atoms with E-state index in [1.54, 1.807) is 20.5 Å². The van der Waals surface area contributed by atoms with Crippen molar-refractivity contribution >= 4 is 6.09 Å². The summed E-state index contributed by atoms with van der Waals surface area (Å²) < 4.78 is 38.2. The lowest BCUT2D eigenvalue weighted by Gasteiger charge is -2.35. The molecule has 3 rings (SSSR count). The average Bonchev–Trinajstić information content (AvgIpc) is 2.98. The number of methoxy groups -OCH3 is 2. The van der Waals surface area contributed by atoms with Crippen LogP contribution in [0, 0.1) is 0 Å². The van der Waals surface area contributed by atoms with Crippen molar-refractivity contribution < 1.29 is 38.0 Å². The number of carbonyl (C=O) groups is 1. The summed E-state index contributed by atoms with van der Waals surface area (Å²) in [7, 11) is 3.27. The van der Waals surface area contributed by atoms with Gasteiger partial charge in [-0.15, -0.1) is 0 Å². The van der Waals surface area contributed by atoms with Crippen molar-refractivity contribution in [1.82, 2.24) is 0 Å². The quantitative estimate of drug-likeness (QED) is 0.151. The summed E-state index contributed by atoms with van der Waals surface area (Å²) in [6.07, 6.45) is 2.23. The molecule has 0 heterocycles.